The molecule has 2 aliphatic heterocycles. The number of rotatable bonds is 2. The minimum atomic E-state index is -0.664. The van der Waals surface area contributed by atoms with Crippen molar-refractivity contribution in [2.45, 2.75) is 32.2 Å². The van der Waals surface area contributed by atoms with Crippen LogP contribution < -0.4 is 5.32 Å². The number of piperidine rings is 1. The monoisotopic (exact) mass is 259 g/mol. The van der Waals surface area contributed by atoms with Gasteiger partial charge in [0.1, 0.15) is 0 Å². The maximum absolute atomic E-state index is 12.3. The van der Waals surface area contributed by atoms with Crippen LogP contribution in [0, 0.1) is 5.41 Å². The van der Waals surface area contributed by atoms with Crippen molar-refractivity contribution in [3.05, 3.63) is 35.4 Å². The van der Waals surface area contributed by atoms with Gasteiger partial charge in [-0.05, 0) is 31.4 Å². The highest BCUT2D eigenvalue weighted by Crippen LogP contribution is 2.53. The summed E-state index contributed by atoms with van der Waals surface area (Å²) in [7, 11) is 0. The summed E-state index contributed by atoms with van der Waals surface area (Å²) in [5.74, 6) is -0.444. The van der Waals surface area contributed by atoms with Crippen LogP contribution in [0.3, 0.4) is 0 Å². The molecule has 0 radical (unpaired) electrons. The molecule has 0 aromatic heterocycles. The molecular formula is C15H17NO3. The zero-order valence-corrected chi connectivity index (χ0v) is 11.1. The molecule has 2 bridgehead atoms. The van der Waals surface area contributed by atoms with Gasteiger partial charge in [-0.1, -0.05) is 24.3 Å². The van der Waals surface area contributed by atoms with Crippen LogP contribution in [0.2, 0.25) is 0 Å². The first kappa shape index (κ1) is 12.2. The predicted octanol–water partition coefficient (Wildman–Crippen LogP) is 1.91. The molecule has 100 valence electrons. The first-order chi connectivity index (χ1) is 9.08. The van der Waals surface area contributed by atoms with Gasteiger partial charge in [-0.15, -0.1) is 0 Å². The Morgan fingerprint density at radius 2 is 2.11 bits per heavy atom. The number of carbonyl (C=O) groups excluding carboxylic acids is 2. The lowest BCUT2D eigenvalue weighted by atomic mass is 9.61. The second-order valence-electron chi connectivity index (χ2n) is 5.47. The van der Waals surface area contributed by atoms with Crippen molar-refractivity contribution >= 4 is 11.9 Å². The Kier molecular flexibility index (Phi) is 2.62. The van der Waals surface area contributed by atoms with Gasteiger partial charge < -0.3 is 10.1 Å². The van der Waals surface area contributed by atoms with E-state index in [4.69, 9.17) is 4.74 Å². The third-order valence-electron chi connectivity index (χ3n) is 4.29. The Morgan fingerprint density at radius 3 is 2.79 bits per heavy atom. The lowest BCUT2D eigenvalue weighted by molar-refractivity contribution is -0.161. The first-order valence-corrected chi connectivity index (χ1v) is 6.64. The van der Waals surface area contributed by atoms with E-state index < -0.39 is 5.41 Å². The summed E-state index contributed by atoms with van der Waals surface area (Å²) >= 11 is 0. The third kappa shape index (κ3) is 1.59. The summed E-state index contributed by atoms with van der Waals surface area (Å²) in [5.41, 5.74) is 1.44. The summed E-state index contributed by atoms with van der Waals surface area (Å²) in [6.45, 7) is 4.05. The van der Waals surface area contributed by atoms with Crippen LogP contribution in [0.5, 0.6) is 0 Å². The number of amides is 1. The summed E-state index contributed by atoms with van der Waals surface area (Å²) < 4.78 is 5.20. The Bertz CT molecular complexity index is 554. The van der Waals surface area contributed by atoms with Crippen molar-refractivity contribution in [3.63, 3.8) is 0 Å². The number of hydrogen-bond donors (Lipinski definition) is 1. The van der Waals surface area contributed by atoms with Crippen LogP contribution in [-0.4, -0.2) is 18.5 Å². The van der Waals surface area contributed by atoms with Crippen molar-refractivity contribution in [2.24, 2.45) is 5.41 Å². The highest BCUT2D eigenvalue weighted by Gasteiger charge is 2.55. The SMILES string of the molecule is CCOC(=O)C1(C)CC2C(=O)NC1c1ccccc12. The normalized spacial score (nSPS) is 31.6. The molecule has 0 spiro atoms. The minimum absolute atomic E-state index is 0.0190. The van der Waals surface area contributed by atoms with Gasteiger partial charge in [-0.3, -0.25) is 9.59 Å². The largest absolute Gasteiger partial charge is 0.466 e. The number of carbonyl (C=O) groups is 2. The second-order valence-corrected chi connectivity index (χ2v) is 5.47. The van der Waals surface area contributed by atoms with E-state index in [-0.39, 0.29) is 23.8 Å². The topological polar surface area (TPSA) is 55.4 Å². The summed E-state index contributed by atoms with van der Waals surface area (Å²) in [6, 6.07) is 7.57. The molecule has 19 heavy (non-hydrogen) atoms. The standard InChI is InChI=1S/C15H17NO3/c1-3-19-14(18)15(2)8-11-9-6-4-5-7-10(9)12(15)16-13(11)17/h4-7,11-12H,3,8H2,1-2H3,(H,16,17). The van der Waals surface area contributed by atoms with E-state index in [1.165, 1.54) is 0 Å². The predicted molar refractivity (Wildman–Crippen MR) is 69.4 cm³/mol. The van der Waals surface area contributed by atoms with Gasteiger partial charge in [0.15, 0.2) is 0 Å². The first-order valence-electron chi connectivity index (χ1n) is 6.64. The minimum Gasteiger partial charge on any atom is -0.466 e. The Labute approximate surface area is 112 Å². The Morgan fingerprint density at radius 1 is 1.42 bits per heavy atom. The van der Waals surface area contributed by atoms with Gasteiger partial charge in [0.2, 0.25) is 5.91 Å². The third-order valence-corrected chi connectivity index (χ3v) is 4.29. The van der Waals surface area contributed by atoms with Gasteiger partial charge >= 0.3 is 5.97 Å². The van der Waals surface area contributed by atoms with Crippen LogP contribution in [0.1, 0.15) is 43.4 Å². The zero-order chi connectivity index (χ0) is 13.6. The van der Waals surface area contributed by atoms with Crippen molar-refractivity contribution in [3.8, 4) is 0 Å². The van der Waals surface area contributed by atoms with Crippen LogP contribution in [-0.2, 0) is 14.3 Å². The fraction of sp³-hybridized carbons (Fsp3) is 0.467. The molecule has 1 saturated heterocycles. The number of ether oxygens (including phenoxy) is 1. The van der Waals surface area contributed by atoms with Gasteiger partial charge in [0, 0.05) is 0 Å². The molecule has 1 fully saturated rings. The van der Waals surface area contributed by atoms with E-state index in [1.807, 2.05) is 31.2 Å². The fourth-order valence-electron chi connectivity index (χ4n) is 3.30. The van der Waals surface area contributed by atoms with E-state index in [1.54, 1.807) is 6.92 Å². The van der Waals surface area contributed by atoms with E-state index in [0.717, 1.165) is 11.1 Å². The molecule has 1 amide bonds. The molecule has 0 saturated carbocycles. The lowest BCUT2D eigenvalue weighted by Gasteiger charge is -2.48. The Balaban J connectivity index is 2.07. The van der Waals surface area contributed by atoms with Crippen LogP contribution in [0.4, 0.5) is 0 Å². The smallest absolute Gasteiger partial charge is 0.314 e. The van der Waals surface area contributed by atoms with Crippen molar-refractivity contribution in [2.75, 3.05) is 6.61 Å². The van der Waals surface area contributed by atoms with Gasteiger partial charge in [0.25, 0.3) is 0 Å². The van der Waals surface area contributed by atoms with Crippen LogP contribution in [0.15, 0.2) is 24.3 Å². The van der Waals surface area contributed by atoms with Gasteiger partial charge in [0.05, 0.1) is 24.0 Å². The van der Waals surface area contributed by atoms with E-state index >= 15 is 0 Å². The number of esters is 1. The Hall–Kier alpha value is -1.84. The molecule has 1 N–H and O–H groups in total. The highest BCUT2D eigenvalue weighted by molar-refractivity contribution is 5.92. The average molecular weight is 259 g/mol. The summed E-state index contributed by atoms with van der Waals surface area (Å²) in [6.07, 6.45) is 0.527. The number of benzene rings is 1. The molecule has 1 aliphatic carbocycles. The number of fused-ring (bicyclic) bond motifs is 2. The molecule has 1 aromatic carbocycles. The summed E-state index contributed by atoms with van der Waals surface area (Å²) in [5, 5.41) is 2.96. The van der Waals surface area contributed by atoms with Gasteiger partial charge in [-0.2, -0.15) is 0 Å². The van der Waals surface area contributed by atoms with Crippen molar-refractivity contribution < 1.29 is 14.3 Å². The maximum Gasteiger partial charge on any atom is 0.314 e. The molecule has 4 nitrogen and oxygen atoms in total. The summed E-state index contributed by atoms with van der Waals surface area (Å²) in [4.78, 5) is 24.3. The fourth-order valence-corrected chi connectivity index (χ4v) is 3.30. The van der Waals surface area contributed by atoms with E-state index in [9.17, 15) is 9.59 Å². The number of nitrogens with one attached hydrogen (secondary N) is 1. The molecule has 2 heterocycles. The number of hydrogen-bond acceptors (Lipinski definition) is 3. The second kappa shape index (κ2) is 4.08. The molecule has 3 unspecified atom stereocenters. The molecule has 4 rings (SSSR count). The zero-order valence-electron chi connectivity index (χ0n) is 11.1. The van der Waals surface area contributed by atoms with E-state index in [0.29, 0.717) is 13.0 Å². The highest BCUT2D eigenvalue weighted by atomic mass is 16.5. The molecule has 3 aliphatic rings. The molecule has 3 atom stereocenters. The van der Waals surface area contributed by atoms with Crippen molar-refractivity contribution in [1.82, 2.24) is 5.32 Å². The van der Waals surface area contributed by atoms with Gasteiger partial charge in [-0.25, -0.2) is 0 Å². The molecule has 4 heteroatoms. The van der Waals surface area contributed by atoms with Crippen molar-refractivity contribution in [1.29, 1.82) is 0 Å². The quantitative estimate of drug-likeness (QED) is 0.825. The van der Waals surface area contributed by atoms with Crippen LogP contribution in [0.25, 0.3) is 0 Å². The molecule has 1 aromatic rings. The average Bonchev–Trinajstić information content (AvgIpc) is 2.41. The maximum atomic E-state index is 12.3. The van der Waals surface area contributed by atoms with Crippen LogP contribution >= 0.6 is 0 Å². The molecular weight excluding hydrogens is 242 g/mol. The van der Waals surface area contributed by atoms with E-state index in [2.05, 4.69) is 5.32 Å². The lowest BCUT2D eigenvalue weighted by Crippen LogP contribution is -2.56.